The van der Waals surface area contributed by atoms with Crippen molar-refractivity contribution in [3.63, 3.8) is 0 Å². The van der Waals surface area contributed by atoms with Crippen molar-refractivity contribution >= 4 is 35.1 Å². The number of aromatic amines is 1. The first-order valence-corrected chi connectivity index (χ1v) is 9.75. The molecule has 156 valence electrons. The first-order chi connectivity index (χ1) is 14.2. The first kappa shape index (κ1) is 18.9. The number of halogens is 1. The lowest BCUT2D eigenvalue weighted by Gasteiger charge is -2.33. The van der Waals surface area contributed by atoms with Gasteiger partial charge in [-0.05, 0) is 25.0 Å². The second-order valence-corrected chi connectivity index (χ2v) is 7.67. The van der Waals surface area contributed by atoms with Gasteiger partial charge in [-0.25, -0.2) is 4.98 Å². The van der Waals surface area contributed by atoms with E-state index >= 15 is 0 Å². The highest BCUT2D eigenvalue weighted by Gasteiger charge is 2.35. The van der Waals surface area contributed by atoms with Crippen molar-refractivity contribution in [2.75, 3.05) is 23.7 Å². The van der Waals surface area contributed by atoms with Crippen molar-refractivity contribution in [3.05, 3.63) is 30.6 Å². The third-order valence-electron chi connectivity index (χ3n) is 5.83. The van der Waals surface area contributed by atoms with E-state index in [0.717, 1.165) is 48.4 Å². The summed E-state index contributed by atoms with van der Waals surface area (Å²) in [5.74, 6) is 2.04. The van der Waals surface area contributed by atoms with Gasteiger partial charge in [-0.15, -0.1) is 17.5 Å². The minimum atomic E-state index is 0. The number of nitrogens with one attached hydrogen (secondary N) is 1. The summed E-state index contributed by atoms with van der Waals surface area (Å²) in [7, 11) is 1.92. The Bertz CT molecular complexity index is 1190. The standard InChI is InChI=1S/C19H21N9O.ClH/c1-26-14(4-7-22-26)13-8-16(27-9-11-2-3-12(10-27)29-11)23-19-17(13)18(20)25-28(19)15-5-6-21-24-15;/h4-8,11-12H,2-3,9-10H2,1H3,(H2,20,25)(H,21,24);1H. The van der Waals surface area contributed by atoms with E-state index in [9.17, 15) is 0 Å². The van der Waals surface area contributed by atoms with Gasteiger partial charge in [-0.1, -0.05) is 0 Å². The van der Waals surface area contributed by atoms with Crippen LogP contribution in [-0.4, -0.2) is 60.0 Å². The summed E-state index contributed by atoms with van der Waals surface area (Å²) in [5, 5.41) is 16.7. The van der Waals surface area contributed by atoms with Crippen molar-refractivity contribution in [3.8, 4) is 17.1 Å². The highest BCUT2D eigenvalue weighted by Crippen LogP contribution is 2.37. The van der Waals surface area contributed by atoms with Gasteiger partial charge in [0.25, 0.3) is 0 Å². The fourth-order valence-corrected chi connectivity index (χ4v) is 4.47. The van der Waals surface area contributed by atoms with Gasteiger partial charge in [0.1, 0.15) is 5.82 Å². The van der Waals surface area contributed by atoms with E-state index in [1.165, 1.54) is 0 Å². The molecule has 4 aromatic heterocycles. The van der Waals surface area contributed by atoms with Crippen LogP contribution in [0.15, 0.2) is 30.6 Å². The van der Waals surface area contributed by atoms with E-state index in [4.69, 9.17) is 15.5 Å². The van der Waals surface area contributed by atoms with Crippen LogP contribution < -0.4 is 10.6 Å². The Morgan fingerprint density at radius 3 is 2.63 bits per heavy atom. The van der Waals surface area contributed by atoms with Crippen molar-refractivity contribution in [1.29, 1.82) is 0 Å². The maximum atomic E-state index is 6.35. The summed E-state index contributed by atoms with van der Waals surface area (Å²) in [4.78, 5) is 7.30. The Labute approximate surface area is 178 Å². The number of nitrogens with zero attached hydrogens (tertiary/aromatic N) is 7. The molecule has 2 aliphatic rings. The zero-order chi connectivity index (χ0) is 19.5. The quantitative estimate of drug-likeness (QED) is 0.513. The molecule has 4 aromatic rings. The van der Waals surface area contributed by atoms with Crippen LogP contribution in [0.3, 0.4) is 0 Å². The number of rotatable bonds is 3. The lowest BCUT2D eigenvalue weighted by molar-refractivity contribution is 0.0302. The first-order valence-electron chi connectivity index (χ1n) is 9.75. The summed E-state index contributed by atoms with van der Waals surface area (Å²) >= 11 is 0. The van der Waals surface area contributed by atoms with Crippen molar-refractivity contribution in [2.24, 2.45) is 7.05 Å². The van der Waals surface area contributed by atoms with Crippen LogP contribution in [0.4, 0.5) is 11.6 Å². The molecule has 0 aromatic carbocycles. The average Bonchev–Trinajstić information content (AvgIpc) is 3.50. The molecule has 6 rings (SSSR count). The number of aryl methyl sites for hydroxylation is 1. The van der Waals surface area contributed by atoms with E-state index in [0.29, 0.717) is 17.3 Å². The average molecular weight is 428 g/mol. The lowest BCUT2D eigenvalue weighted by Crippen LogP contribution is -2.43. The smallest absolute Gasteiger partial charge is 0.169 e. The molecular weight excluding hydrogens is 406 g/mol. The molecule has 0 radical (unpaired) electrons. The number of morpholine rings is 1. The molecule has 0 aliphatic carbocycles. The van der Waals surface area contributed by atoms with E-state index in [1.807, 2.05) is 23.9 Å². The van der Waals surface area contributed by atoms with Gasteiger partial charge in [-0.2, -0.15) is 14.9 Å². The SMILES string of the molecule is Cl.Cn1nccc1-c1cc(N2CC3CCC(C2)O3)nc2c1c(N)nn2-c1ccn[nH]1. The Hall–Kier alpha value is -3.11. The van der Waals surface area contributed by atoms with Crippen molar-refractivity contribution < 1.29 is 4.74 Å². The molecule has 2 fully saturated rings. The zero-order valence-corrected chi connectivity index (χ0v) is 17.2. The van der Waals surface area contributed by atoms with Crippen LogP contribution in [0.5, 0.6) is 0 Å². The highest BCUT2D eigenvalue weighted by atomic mass is 35.5. The summed E-state index contributed by atoms with van der Waals surface area (Å²) in [6, 6.07) is 5.92. The zero-order valence-electron chi connectivity index (χ0n) is 16.4. The summed E-state index contributed by atoms with van der Waals surface area (Å²) in [6.07, 6.45) is 6.23. The van der Waals surface area contributed by atoms with Crippen LogP contribution in [0.2, 0.25) is 0 Å². The monoisotopic (exact) mass is 427 g/mol. The molecule has 10 nitrogen and oxygen atoms in total. The number of hydrogen-bond acceptors (Lipinski definition) is 7. The van der Waals surface area contributed by atoms with Gasteiger partial charge in [0.2, 0.25) is 0 Å². The molecule has 2 bridgehead atoms. The molecule has 30 heavy (non-hydrogen) atoms. The van der Waals surface area contributed by atoms with Crippen LogP contribution in [0.1, 0.15) is 12.8 Å². The van der Waals surface area contributed by atoms with E-state index in [1.54, 1.807) is 17.1 Å². The number of hydrogen-bond donors (Lipinski definition) is 2. The molecule has 2 aliphatic heterocycles. The second-order valence-electron chi connectivity index (χ2n) is 7.67. The third kappa shape index (κ3) is 2.83. The summed E-state index contributed by atoms with van der Waals surface area (Å²) in [6.45, 7) is 1.68. The van der Waals surface area contributed by atoms with Gasteiger partial charge in [0, 0.05) is 38.0 Å². The Morgan fingerprint density at radius 1 is 1.17 bits per heavy atom. The number of ether oxygens (including phenoxy) is 1. The maximum absolute atomic E-state index is 6.35. The van der Waals surface area contributed by atoms with Crippen LogP contribution in [0, 0.1) is 0 Å². The minimum Gasteiger partial charge on any atom is -0.382 e. The predicted molar refractivity (Wildman–Crippen MR) is 115 cm³/mol. The number of fused-ring (bicyclic) bond motifs is 3. The fourth-order valence-electron chi connectivity index (χ4n) is 4.47. The number of nitrogen functional groups attached to an aromatic ring is 1. The molecule has 0 spiro atoms. The van der Waals surface area contributed by atoms with Gasteiger partial charge < -0.3 is 15.4 Å². The number of H-pyrrole nitrogens is 1. The maximum Gasteiger partial charge on any atom is 0.169 e. The minimum absolute atomic E-state index is 0. The largest absolute Gasteiger partial charge is 0.382 e. The molecular formula is C19H22ClN9O. The molecule has 6 heterocycles. The molecule has 2 atom stereocenters. The normalized spacial score (nSPS) is 20.6. The molecule has 11 heteroatoms. The highest BCUT2D eigenvalue weighted by molar-refractivity contribution is 6.01. The Kier molecular flexibility index (Phi) is 4.40. The van der Waals surface area contributed by atoms with Gasteiger partial charge in [-0.3, -0.25) is 9.78 Å². The van der Waals surface area contributed by atoms with Gasteiger partial charge in [0.15, 0.2) is 17.3 Å². The number of aromatic nitrogens is 7. The van der Waals surface area contributed by atoms with E-state index < -0.39 is 0 Å². The van der Waals surface area contributed by atoms with E-state index in [2.05, 4.69) is 31.4 Å². The molecule has 2 saturated heterocycles. The van der Waals surface area contributed by atoms with Crippen LogP contribution >= 0.6 is 12.4 Å². The lowest BCUT2D eigenvalue weighted by atomic mass is 10.1. The van der Waals surface area contributed by atoms with Crippen molar-refractivity contribution in [2.45, 2.75) is 25.0 Å². The van der Waals surface area contributed by atoms with E-state index in [-0.39, 0.29) is 24.6 Å². The molecule has 0 saturated carbocycles. The van der Waals surface area contributed by atoms with Crippen LogP contribution in [0.25, 0.3) is 28.1 Å². The second kappa shape index (κ2) is 6.99. The van der Waals surface area contributed by atoms with Crippen molar-refractivity contribution in [1.82, 2.24) is 34.7 Å². The topological polar surface area (TPSA) is 116 Å². The van der Waals surface area contributed by atoms with Crippen LogP contribution in [-0.2, 0) is 11.8 Å². The number of nitrogens with two attached hydrogens (primary N) is 1. The fraction of sp³-hybridized carbons (Fsp3) is 0.368. The predicted octanol–water partition coefficient (Wildman–Crippen LogP) is 1.92. The molecule has 3 N–H and O–H groups in total. The van der Waals surface area contributed by atoms with Gasteiger partial charge in [0.05, 0.1) is 29.5 Å². The molecule has 2 unspecified atom stereocenters. The third-order valence-corrected chi connectivity index (χ3v) is 5.83. The van der Waals surface area contributed by atoms with Gasteiger partial charge >= 0.3 is 0 Å². The number of anilines is 2. The molecule has 0 amide bonds. The Balaban J connectivity index is 0.00000193. The summed E-state index contributed by atoms with van der Waals surface area (Å²) < 4.78 is 9.57. The Morgan fingerprint density at radius 2 is 1.97 bits per heavy atom. The summed E-state index contributed by atoms with van der Waals surface area (Å²) in [5.41, 5.74) is 8.98. The number of pyridine rings is 1.